The Morgan fingerprint density at radius 3 is 2.31 bits per heavy atom. The average Bonchev–Trinajstić information content (AvgIpc) is 3.12. The minimum absolute atomic E-state index is 0.0659. The molecule has 0 unspecified atom stereocenters. The van der Waals surface area contributed by atoms with E-state index < -0.39 is 0 Å². The Labute approximate surface area is 152 Å². The van der Waals surface area contributed by atoms with Crippen LogP contribution in [0.2, 0.25) is 0 Å². The van der Waals surface area contributed by atoms with Crippen molar-refractivity contribution in [3.05, 3.63) is 18.0 Å². The molecule has 8 heteroatoms. The summed E-state index contributed by atoms with van der Waals surface area (Å²) >= 11 is 0. The summed E-state index contributed by atoms with van der Waals surface area (Å²) < 4.78 is 26.6. The van der Waals surface area contributed by atoms with E-state index in [-0.39, 0.29) is 24.2 Å². The molecule has 1 aromatic heterocycles. The van der Waals surface area contributed by atoms with Gasteiger partial charge < -0.3 is 23.4 Å². The van der Waals surface area contributed by atoms with Crippen molar-refractivity contribution in [3.63, 3.8) is 0 Å². The number of nitrogens with zero attached hydrogens (tertiary/aromatic N) is 2. The fourth-order valence-electron chi connectivity index (χ4n) is 2.36. The van der Waals surface area contributed by atoms with Crippen LogP contribution >= 0.6 is 0 Å². The van der Waals surface area contributed by atoms with E-state index in [4.69, 9.17) is 23.4 Å². The first kappa shape index (κ1) is 19.6. The third kappa shape index (κ3) is 4.87. The van der Waals surface area contributed by atoms with Gasteiger partial charge in [-0.05, 0) is 18.6 Å². The van der Waals surface area contributed by atoms with Gasteiger partial charge in [-0.25, -0.2) is 0 Å². The van der Waals surface area contributed by atoms with E-state index in [1.807, 2.05) is 0 Å². The monoisotopic (exact) mass is 364 g/mol. The molecule has 0 aliphatic heterocycles. The van der Waals surface area contributed by atoms with Crippen LogP contribution in [0, 0.1) is 0 Å². The van der Waals surface area contributed by atoms with Crippen LogP contribution < -0.4 is 14.2 Å². The van der Waals surface area contributed by atoms with Gasteiger partial charge in [-0.1, -0.05) is 19.8 Å². The van der Waals surface area contributed by atoms with Crippen LogP contribution in [0.1, 0.15) is 32.1 Å². The van der Waals surface area contributed by atoms with Gasteiger partial charge in [0.2, 0.25) is 17.5 Å². The van der Waals surface area contributed by atoms with Crippen LogP contribution in [-0.4, -0.2) is 44.1 Å². The molecular weight excluding hydrogens is 340 g/mol. The second-order valence-corrected chi connectivity index (χ2v) is 5.52. The molecule has 0 N–H and O–H groups in total. The number of hydrogen-bond donors (Lipinski definition) is 0. The lowest BCUT2D eigenvalue weighted by atomic mass is 10.2. The van der Waals surface area contributed by atoms with Crippen LogP contribution in [0.25, 0.3) is 11.5 Å². The van der Waals surface area contributed by atoms with Crippen molar-refractivity contribution in [2.45, 2.75) is 32.6 Å². The first-order chi connectivity index (χ1) is 12.6. The van der Waals surface area contributed by atoms with Crippen LogP contribution in [0.4, 0.5) is 0 Å². The highest BCUT2D eigenvalue weighted by atomic mass is 16.5. The number of hydrogen-bond acceptors (Lipinski definition) is 8. The molecule has 0 spiro atoms. The quantitative estimate of drug-likeness (QED) is 0.469. The molecule has 0 amide bonds. The highest BCUT2D eigenvalue weighted by Crippen LogP contribution is 2.40. The molecule has 0 atom stereocenters. The van der Waals surface area contributed by atoms with Gasteiger partial charge in [0, 0.05) is 5.56 Å². The minimum atomic E-state index is -0.388. The lowest BCUT2D eigenvalue weighted by molar-refractivity contribution is -0.143. The van der Waals surface area contributed by atoms with Gasteiger partial charge in [0.25, 0.3) is 0 Å². The van der Waals surface area contributed by atoms with Crippen molar-refractivity contribution in [1.29, 1.82) is 0 Å². The molecule has 2 rings (SSSR count). The number of carbonyl (C=O) groups is 1. The highest BCUT2D eigenvalue weighted by molar-refractivity contribution is 5.71. The zero-order chi connectivity index (χ0) is 18.9. The summed E-state index contributed by atoms with van der Waals surface area (Å²) in [4.78, 5) is 11.8. The number of esters is 1. The summed E-state index contributed by atoms with van der Waals surface area (Å²) in [6, 6.07) is 3.39. The largest absolute Gasteiger partial charge is 0.493 e. The summed E-state index contributed by atoms with van der Waals surface area (Å²) in [7, 11) is 4.57. The Kier molecular flexibility index (Phi) is 7.25. The van der Waals surface area contributed by atoms with Crippen LogP contribution in [0.3, 0.4) is 0 Å². The predicted molar refractivity (Wildman–Crippen MR) is 93.6 cm³/mol. The van der Waals surface area contributed by atoms with Crippen molar-refractivity contribution in [2.24, 2.45) is 0 Å². The molecule has 1 heterocycles. The molecule has 0 aliphatic carbocycles. The van der Waals surface area contributed by atoms with Gasteiger partial charge in [0.15, 0.2) is 11.5 Å². The molecule has 0 saturated carbocycles. The van der Waals surface area contributed by atoms with E-state index in [9.17, 15) is 4.79 Å². The molecule has 0 saturated heterocycles. The normalized spacial score (nSPS) is 10.5. The topological polar surface area (TPSA) is 92.9 Å². The van der Waals surface area contributed by atoms with E-state index in [2.05, 4.69) is 17.1 Å². The van der Waals surface area contributed by atoms with E-state index in [0.29, 0.717) is 29.4 Å². The van der Waals surface area contributed by atoms with Crippen LogP contribution in [-0.2, 0) is 16.0 Å². The van der Waals surface area contributed by atoms with E-state index in [1.165, 1.54) is 21.3 Å². The number of aromatic nitrogens is 2. The first-order valence-corrected chi connectivity index (χ1v) is 8.41. The Balaban J connectivity index is 2.10. The number of rotatable bonds is 10. The van der Waals surface area contributed by atoms with Crippen molar-refractivity contribution < 1.29 is 28.2 Å². The van der Waals surface area contributed by atoms with Crippen LogP contribution in [0.15, 0.2) is 16.5 Å². The van der Waals surface area contributed by atoms with Crippen molar-refractivity contribution in [3.8, 4) is 28.7 Å². The summed E-state index contributed by atoms with van der Waals surface area (Å²) in [5.74, 6) is 1.46. The third-order valence-electron chi connectivity index (χ3n) is 3.69. The standard InChI is InChI=1S/C18H24N2O6/c1-5-6-7-8-25-16(21)11-15-19-20-18(26-15)12-9-13(22-2)17(24-4)14(10-12)23-3/h9-10H,5-8,11H2,1-4H3. The Bertz CT molecular complexity index is 703. The summed E-state index contributed by atoms with van der Waals surface area (Å²) in [6.45, 7) is 2.49. The molecule has 0 fully saturated rings. The zero-order valence-corrected chi connectivity index (χ0v) is 15.5. The van der Waals surface area contributed by atoms with Crippen molar-refractivity contribution in [2.75, 3.05) is 27.9 Å². The summed E-state index contributed by atoms with van der Waals surface area (Å²) in [6.07, 6.45) is 2.88. The lowest BCUT2D eigenvalue weighted by Crippen LogP contribution is -2.09. The molecular formula is C18H24N2O6. The SMILES string of the molecule is CCCCCOC(=O)Cc1nnc(-c2cc(OC)c(OC)c(OC)c2)o1. The van der Waals surface area contributed by atoms with Crippen LogP contribution in [0.5, 0.6) is 17.2 Å². The second-order valence-electron chi connectivity index (χ2n) is 5.52. The summed E-state index contributed by atoms with van der Waals surface area (Å²) in [5, 5.41) is 7.88. The van der Waals surface area contributed by atoms with Gasteiger partial charge in [-0.3, -0.25) is 4.79 Å². The van der Waals surface area contributed by atoms with Crippen molar-refractivity contribution in [1.82, 2.24) is 10.2 Å². The predicted octanol–water partition coefficient (Wildman–Crippen LogP) is 3.04. The van der Waals surface area contributed by atoms with Gasteiger partial charge in [-0.2, -0.15) is 0 Å². The molecule has 0 radical (unpaired) electrons. The average molecular weight is 364 g/mol. The fourth-order valence-corrected chi connectivity index (χ4v) is 2.36. The number of methoxy groups -OCH3 is 3. The fraction of sp³-hybridized carbons (Fsp3) is 0.500. The third-order valence-corrected chi connectivity index (χ3v) is 3.69. The maximum atomic E-state index is 11.8. The molecule has 0 aliphatic rings. The Morgan fingerprint density at radius 1 is 1.04 bits per heavy atom. The molecule has 26 heavy (non-hydrogen) atoms. The second kappa shape index (κ2) is 9.65. The number of benzene rings is 1. The smallest absolute Gasteiger partial charge is 0.315 e. The van der Waals surface area contributed by atoms with E-state index in [0.717, 1.165) is 19.3 Å². The first-order valence-electron chi connectivity index (χ1n) is 8.41. The van der Waals surface area contributed by atoms with E-state index >= 15 is 0 Å². The van der Waals surface area contributed by atoms with E-state index in [1.54, 1.807) is 12.1 Å². The van der Waals surface area contributed by atoms with Gasteiger partial charge in [-0.15, -0.1) is 10.2 Å². The molecule has 2 aromatic rings. The Morgan fingerprint density at radius 2 is 1.73 bits per heavy atom. The zero-order valence-electron chi connectivity index (χ0n) is 15.5. The van der Waals surface area contributed by atoms with Crippen molar-refractivity contribution >= 4 is 5.97 Å². The van der Waals surface area contributed by atoms with Gasteiger partial charge >= 0.3 is 5.97 Å². The summed E-state index contributed by atoms with van der Waals surface area (Å²) in [5.41, 5.74) is 0.592. The lowest BCUT2D eigenvalue weighted by Gasteiger charge is -2.12. The highest BCUT2D eigenvalue weighted by Gasteiger charge is 2.18. The maximum absolute atomic E-state index is 11.8. The number of carbonyl (C=O) groups excluding carboxylic acids is 1. The van der Waals surface area contributed by atoms with Gasteiger partial charge in [0.1, 0.15) is 6.42 Å². The molecule has 0 bridgehead atoms. The number of unbranched alkanes of at least 4 members (excludes halogenated alkanes) is 2. The molecule has 1 aromatic carbocycles. The maximum Gasteiger partial charge on any atom is 0.315 e. The van der Waals surface area contributed by atoms with Gasteiger partial charge in [0.05, 0.1) is 27.9 Å². The number of ether oxygens (including phenoxy) is 4. The Hall–Kier alpha value is -2.77. The molecule has 142 valence electrons. The minimum Gasteiger partial charge on any atom is -0.493 e. The molecule has 8 nitrogen and oxygen atoms in total.